The van der Waals surface area contributed by atoms with Crippen LogP contribution in [-0.4, -0.2) is 27.8 Å². The standard InChI is InChI=1S/C23H19BrN4O2/c1-15-5-3-6-16(13-15)22-26-21(27-28(22)19-11-9-17(24)10-12-19)23(29)25-18-7-4-8-20(14-18)30-2/h3-14H,1-2H3,(H,25,29). The minimum atomic E-state index is -0.395. The predicted octanol–water partition coefficient (Wildman–Crippen LogP) is 5.27. The number of methoxy groups -OCH3 is 1. The average Bonchev–Trinajstić information content (AvgIpc) is 3.20. The van der Waals surface area contributed by atoms with Crippen LogP contribution in [0.5, 0.6) is 5.75 Å². The first kappa shape index (κ1) is 19.8. The molecule has 0 aliphatic rings. The van der Waals surface area contributed by atoms with Crippen molar-refractivity contribution < 1.29 is 9.53 Å². The highest BCUT2D eigenvalue weighted by molar-refractivity contribution is 9.10. The van der Waals surface area contributed by atoms with Gasteiger partial charge in [-0.05, 0) is 49.4 Å². The van der Waals surface area contributed by atoms with Crippen molar-refractivity contribution in [3.63, 3.8) is 0 Å². The summed E-state index contributed by atoms with van der Waals surface area (Å²) in [5.74, 6) is 0.934. The molecule has 7 heteroatoms. The molecule has 0 aliphatic carbocycles. The second kappa shape index (κ2) is 8.51. The molecule has 0 aliphatic heterocycles. The third kappa shape index (κ3) is 4.26. The maximum absolute atomic E-state index is 12.9. The van der Waals surface area contributed by atoms with Gasteiger partial charge in [0.25, 0.3) is 5.91 Å². The molecule has 6 nitrogen and oxygen atoms in total. The fourth-order valence-corrected chi connectivity index (χ4v) is 3.29. The number of rotatable bonds is 5. The topological polar surface area (TPSA) is 69.0 Å². The van der Waals surface area contributed by atoms with Gasteiger partial charge in [0.15, 0.2) is 5.82 Å². The molecule has 4 rings (SSSR count). The summed E-state index contributed by atoms with van der Waals surface area (Å²) >= 11 is 3.45. The fourth-order valence-electron chi connectivity index (χ4n) is 3.03. The van der Waals surface area contributed by atoms with E-state index in [-0.39, 0.29) is 5.82 Å². The van der Waals surface area contributed by atoms with Crippen LogP contribution in [0.2, 0.25) is 0 Å². The molecule has 1 heterocycles. The summed E-state index contributed by atoms with van der Waals surface area (Å²) in [5.41, 5.74) is 3.39. The second-order valence-corrected chi connectivity index (χ2v) is 7.62. The molecule has 0 unspecified atom stereocenters. The Kier molecular flexibility index (Phi) is 5.63. The summed E-state index contributed by atoms with van der Waals surface area (Å²) in [6.07, 6.45) is 0. The van der Waals surface area contributed by atoms with Crippen LogP contribution in [0.4, 0.5) is 5.69 Å². The maximum atomic E-state index is 12.9. The maximum Gasteiger partial charge on any atom is 0.295 e. The molecule has 0 fully saturated rings. The Morgan fingerprint density at radius 1 is 1.03 bits per heavy atom. The minimum Gasteiger partial charge on any atom is -0.497 e. The number of halogens is 1. The molecule has 0 saturated heterocycles. The lowest BCUT2D eigenvalue weighted by atomic mass is 10.1. The molecule has 150 valence electrons. The van der Waals surface area contributed by atoms with Gasteiger partial charge in [0, 0.05) is 21.8 Å². The molecular weight excluding hydrogens is 444 g/mol. The van der Waals surface area contributed by atoms with Crippen molar-refractivity contribution in [1.29, 1.82) is 0 Å². The molecule has 4 aromatic rings. The number of nitrogens with one attached hydrogen (secondary N) is 1. The van der Waals surface area contributed by atoms with Gasteiger partial charge < -0.3 is 10.1 Å². The molecule has 0 radical (unpaired) electrons. The number of nitrogens with zero attached hydrogens (tertiary/aromatic N) is 3. The zero-order valence-electron chi connectivity index (χ0n) is 16.5. The number of carbonyl (C=O) groups excluding carboxylic acids is 1. The smallest absolute Gasteiger partial charge is 0.295 e. The van der Waals surface area contributed by atoms with Gasteiger partial charge in [-0.2, -0.15) is 0 Å². The fraction of sp³-hybridized carbons (Fsp3) is 0.0870. The molecule has 1 amide bonds. The number of hydrogen-bond acceptors (Lipinski definition) is 4. The number of hydrogen-bond donors (Lipinski definition) is 1. The molecule has 0 bridgehead atoms. The summed E-state index contributed by atoms with van der Waals surface area (Å²) < 4.78 is 7.85. The van der Waals surface area contributed by atoms with Crippen LogP contribution in [0.3, 0.4) is 0 Å². The lowest BCUT2D eigenvalue weighted by molar-refractivity contribution is 0.101. The average molecular weight is 463 g/mol. The molecule has 1 N–H and O–H groups in total. The zero-order valence-corrected chi connectivity index (χ0v) is 18.1. The lowest BCUT2D eigenvalue weighted by Gasteiger charge is -2.06. The quantitative estimate of drug-likeness (QED) is 0.438. The first-order valence-electron chi connectivity index (χ1n) is 9.29. The van der Waals surface area contributed by atoms with Gasteiger partial charge in [-0.3, -0.25) is 4.79 Å². The molecule has 0 saturated carbocycles. The number of benzene rings is 3. The van der Waals surface area contributed by atoms with Crippen molar-refractivity contribution in [1.82, 2.24) is 14.8 Å². The molecule has 3 aromatic carbocycles. The van der Waals surface area contributed by atoms with Gasteiger partial charge in [0.2, 0.25) is 5.82 Å². The van der Waals surface area contributed by atoms with Gasteiger partial charge in [-0.15, -0.1) is 5.10 Å². The highest BCUT2D eigenvalue weighted by Gasteiger charge is 2.19. The van der Waals surface area contributed by atoms with Gasteiger partial charge in [-0.25, -0.2) is 9.67 Å². The van der Waals surface area contributed by atoms with Crippen LogP contribution >= 0.6 is 15.9 Å². The van der Waals surface area contributed by atoms with E-state index in [1.807, 2.05) is 61.5 Å². The molecular formula is C23H19BrN4O2. The van der Waals surface area contributed by atoms with Gasteiger partial charge in [0.05, 0.1) is 12.8 Å². The van der Waals surface area contributed by atoms with Crippen LogP contribution in [0.15, 0.2) is 77.3 Å². The summed E-state index contributed by atoms with van der Waals surface area (Å²) in [4.78, 5) is 17.4. The number of amides is 1. The molecule has 0 spiro atoms. The van der Waals surface area contributed by atoms with E-state index in [1.54, 1.807) is 30.0 Å². The van der Waals surface area contributed by atoms with Crippen molar-refractivity contribution in [3.05, 3.63) is 88.7 Å². The van der Waals surface area contributed by atoms with Crippen LogP contribution in [0, 0.1) is 6.92 Å². The van der Waals surface area contributed by atoms with Crippen molar-refractivity contribution >= 4 is 27.5 Å². The van der Waals surface area contributed by atoms with E-state index >= 15 is 0 Å². The third-order valence-corrected chi connectivity index (χ3v) is 5.01. The van der Waals surface area contributed by atoms with Crippen molar-refractivity contribution in [2.75, 3.05) is 12.4 Å². The Morgan fingerprint density at radius 2 is 1.80 bits per heavy atom. The Morgan fingerprint density at radius 3 is 2.53 bits per heavy atom. The Labute approximate surface area is 182 Å². The Balaban J connectivity index is 1.74. The van der Waals surface area contributed by atoms with Crippen LogP contribution < -0.4 is 10.1 Å². The number of anilines is 1. The number of aryl methyl sites for hydroxylation is 1. The van der Waals surface area contributed by atoms with E-state index in [9.17, 15) is 4.79 Å². The summed E-state index contributed by atoms with van der Waals surface area (Å²) in [5, 5.41) is 7.33. The predicted molar refractivity (Wildman–Crippen MR) is 120 cm³/mol. The monoisotopic (exact) mass is 462 g/mol. The van der Waals surface area contributed by atoms with E-state index in [2.05, 4.69) is 31.3 Å². The first-order valence-corrected chi connectivity index (χ1v) is 10.1. The Bertz CT molecular complexity index is 1200. The Hall–Kier alpha value is -3.45. The zero-order chi connectivity index (χ0) is 21.1. The lowest BCUT2D eigenvalue weighted by Crippen LogP contribution is -2.14. The van der Waals surface area contributed by atoms with E-state index in [0.29, 0.717) is 17.3 Å². The van der Waals surface area contributed by atoms with E-state index < -0.39 is 5.91 Å². The largest absolute Gasteiger partial charge is 0.497 e. The first-order chi connectivity index (χ1) is 14.5. The number of ether oxygens (including phenoxy) is 1. The molecule has 30 heavy (non-hydrogen) atoms. The van der Waals surface area contributed by atoms with Gasteiger partial charge in [-0.1, -0.05) is 45.8 Å². The van der Waals surface area contributed by atoms with Gasteiger partial charge >= 0.3 is 0 Å². The van der Waals surface area contributed by atoms with Crippen molar-refractivity contribution in [2.24, 2.45) is 0 Å². The van der Waals surface area contributed by atoms with Crippen LogP contribution in [-0.2, 0) is 0 Å². The van der Waals surface area contributed by atoms with E-state index in [1.165, 1.54) is 0 Å². The molecule has 1 aromatic heterocycles. The SMILES string of the molecule is COc1cccc(NC(=O)c2nc(-c3cccc(C)c3)n(-c3ccc(Br)cc3)n2)c1. The number of aromatic nitrogens is 3. The van der Waals surface area contributed by atoms with Crippen molar-refractivity contribution in [2.45, 2.75) is 6.92 Å². The van der Waals surface area contributed by atoms with Gasteiger partial charge in [0.1, 0.15) is 5.75 Å². The van der Waals surface area contributed by atoms with Crippen molar-refractivity contribution in [3.8, 4) is 22.8 Å². The highest BCUT2D eigenvalue weighted by atomic mass is 79.9. The van der Waals surface area contributed by atoms with Crippen LogP contribution in [0.1, 0.15) is 16.2 Å². The second-order valence-electron chi connectivity index (χ2n) is 6.70. The number of carbonyl (C=O) groups is 1. The normalized spacial score (nSPS) is 10.6. The molecule has 0 atom stereocenters. The van der Waals surface area contributed by atoms with E-state index in [0.717, 1.165) is 21.3 Å². The van der Waals surface area contributed by atoms with Crippen LogP contribution in [0.25, 0.3) is 17.1 Å². The highest BCUT2D eigenvalue weighted by Crippen LogP contribution is 2.24. The third-order valence-electron chi connectivity index (χ3n) is 4.49. The summed E-state index contributed by atoms with van der Waals surface area (Å²) in [6.45, 7) is 2.01. The summed E-state index contributed by atoms with van der Waals surface area (Å²) in [7, 11) is 1.58. The van der Waals surface area contributed by atoms with E-state index in [4.69, 9.17) is 4.74 Å². The minimum absolute atomic E-state index is 0.0808. The summed E-state index contributed by atoms with van der Waals surface area (Å²) in [6, 6.07) is 22.8.